The van der Waals surface area contributed by atoms with Crippen LogP contribution in [-0.4, -0.2) is 9.97 Å². The molecule has 0 aliphatic carbocycles. The number of nitrogens with two attached hydrogens (primary N) is 1. The molecule has 1 heterocycles. The molecule has 0 saturated carbocycles. The molecular weight excluding hydrogens is 329 g/mol. The van der Waals surface area contributed by atoms with E-state index in [4.69, 9.17) is 17.3 Å². The van der Waals surface area contributed by atoms with Crippen molar-refractivity contribution in [2.24, 2.45) is 0 Å². The number of aromatic nitrogens is 2. The molecule has 0 spiro atoms. The highest BCUT2D eigenvalue weighted by Gasteiger charge is 2.13. The summed E-state index contributed by atoms with van der Waals surface area (Å²) in [6.07, 6.45) is 1.21. The van der Waals surface area contributed by atoms with E-state index in [9.17, 15) is 8.78 Å². The first-order chi connectivity index (χ1) is 8.49. The van der Waals surface area contributed by atoms with Crippen molar-refractivity contribution in [3.05, 3.63) is 39.6 Å². The topological polar surface area (TPSA) is 63.8 Å². The molecule has 0 amide bonds. The molecule has 1 aromatic carbocycles. The van der Waals surface area contributed by atoms with Crippen LogP contribution in [0.5, 0.6) is 0 Å². The van der Waals surface area contributed by atoms with Crippen molar-refractivity contribution in [2.45, 2.75) is 0 Å². The summed E-state index contributed by atoms with van der Waals surface area (Å²) < 4.78 is 26.8. The molecule has 18 heavy (non-hydrogen) atoms. The number of hydrogen-bond donors (Lipinski definition) is 2. The first-order valence-corrected chi connectivity index (χ1v) is 5.83. The Bertz CT molecular complexity index is 585. The number of hydrogen-bond acceptors (Lipinski definition) is 4. The molecule has 2 rings (SSSR count). The Morgan fingerprint density at radius 1 is 1.28 bits per heavy atom. The molecule has 0 atom stereocenters. The quantitative estimate of drug-likeness (QED) is 0.882. The zero-order valence-electron chi connectivity index (χ0n) is 8.72. The summed E-state index contributed by atoms with van der Waals surface area (Å²) in [7, 11) is 0. The van der Waals surface area contributed by atoms with Gasteiger partial charge in [0.15, 0.2) is 5.82 Å². The molecule has 0 saturated heterocycles. The summed E-state index contributed by atoms with van der Waals surface area (Å²) >= 11 is 8.89. The van der Waals surface area contributed by atoms with Crippen molar-refractivity contribution in [3.63, 3.8) is 0 Å². The minimum atomic E-state index is -0.830. The lowest BCUT2D eigenvalue weighted by atomic mass is 10.3. The van der Waals surface area contributed by atoms with Crippen molar-refractivity contribution in [3.8, 4) is 0 Å². The molecule has 94 valence electrons. The maximum Gasteiger partial charge on any atom is 0.151 e. The van der Waals surface area contributed by atoms with E-state index in [0.717, 1.165) is 6.07 Å². The van der Waals surface area contributed by atoms with Crippen molar-refractivity contribution >= 4 is 44.9 Å². The average Bonchev–Trinajstić information content (AvgIpc) is 2.28. The Labute approximate surface area is 114 Å². The van der Waals surface area contributed by atoms with Gasteiger partial charge in [-0.05, 0) is 22.0 Å². The van der Waals surface area contributed by atoms with Crippen LogP contribution < -0.4 is 11.1 Å². The van der Waals surface area contributed by atoms with E-state index < -0.39 is 11.6 Å². The van der Waals surface area contributed by atoms with Crippen LogP contribution in [0.4, 0.5) is 26.1 Å². The van der Waals surface area contributed by atoms with E-state index >= 15 is 0 Å². The molecule has 0 aliphatic rings. The maximum atomic E-state index is 13.6. The second kappa shape index (κ2) is 5.03. The second-order valence-corrected chi connectivity index (χ2v) is 4.49. The minimum absolute atomic E-state index is 0.0862. The zero-order valence-corrected chi connectivity index (χ0v) is 11.1. The molecule has 8 heteroatoms. The smallest absolute Gasteiger partial charge is 0.151 e. The molecule has 0 radical (unpaired) electrons. The molecule has 4 nitrogen and oxygen atoms in total. The van der Waals surface area contributed by atoms with E-state index in [-0.39, 0.29) is 22.3 Å². The predicted molar refractivity (Wildman–Crippen MR) is 68.8 cm³/mol. The van der Waals surface area contributed by atoms with E-state index in [2.05, 4.69) is 31.2 Å². The normalized spacial score (nSPS) is 10.4. The zero-order chi connectivity index (χ0) is 13.3. The third kappa shape index (κ3) is 2.51. The summed E-state index contributed by atoms with van der Waals surface area (Å²) in [4.78, 5) is 7.60. The third-order valence-corrected chi connectivity index (χ3v) is 3.15. The number of anilines is 3. The van der Waals surface area contributed by atoms with E-state index in [1.807, 2.05) is 0 Å². The average molecular weight is 336 g/mol. The van der Waals surface area contributed by atoms with Gasteiger partial charge in [0.25, 0.3) is 0 Å². The molecule has 3 N–H and O–H groups in total. The Balaban J connectivity index is 2.43. The maximum absolute atomic E-state index is 13.6. The van der Waals surface area contributed by atoms with Gasteiger partial charge < -0.3 is 11.1 Å². The van der Waals surface area contributed by atoms with Crippen molar-refractivity contribution in [1.29, 1.82) is 0 Å². The summed E-state index contributed by atoms with van der Waals surface area (Å²) in [5, 5.41) is 2.52. The van der Waals surface area contributed by atoms with Crippen LogP contribution in [0.15, 0.2) is 22.9 Å². The first-order valence-electron chi connectivity index (χ1n) is 4.66. The van der Waals surface area contributed by atoms with E-state index in [0.29, 0.717) is 10.5 Å². The van der Waals surface area contributed by atoms with Gasteiger partial charge in [0, 0.05) is 6.07 Å². The molecule has 0 bridgehead atoms. The van der Waals surface area contributed by atoms with Crippen LogP contribution in [0.25, 0.3) is 0 Å². The van der Waals surface area contributed by atoms with Gasteiger partial charge in [0.1, 0.15) is 28.3 Å². The molecular formula is C10H6BrClF2N4. The monoisotopic (exact) mass is 334 g/mol. The van der Waals surface area contributed by atoms with Gasteiger partial charge in [0.05, 0.1) is 10.7 Å². The molecule has 0 fully saturated rings. The minimum Gasteiger partial charge on any atom is -0.383 e. The fourth-order valence-corrected chi connectivity index (χ4v) is 1.80. The largest absolute Gasteiger partial charge is 0.383 e. The second-order valence-electron chi connectivity index (χ2n) is 3.29. The lowest BCUT2D eigenvalue weighted by Crippen LogP contribution is -2.02. The van der Waals surface area contributed by atoms with Crippen molar-refractivity contribution < 1.29 is 8.78 Å². The van der Waals surface area contributed by atoms with Gasteiger partial charge >= 0.3 is 0 Å². The number of nitrogens with one attached hydrogen (secondary N) is 1. The highest BCUT2D eigenvalue weighted by atomic mass is 79.9. The van der Waals surface area contributed by atoms with Crippen molar-refractivity contribution in [1.82, 2.24) is 9.97 Å². The number of benzene rings is 1. The van der Waals surface area contributed by atoms with E-state index in [1.54, 1.807) is 0 Å². The highest BCUT2D eigenvalue weighted by molar-refractivity contribution is 9.10. The Kier molecular flexibility index (Phi) is 3.63. The summed E-state index contributed by atoms with van der Waals surface area (Å²) in [6.45, 7) is 0. The predicted octanol–water partition coefficient (Wildman–Crippen LogP) is 3.50. The number of nitrogens with zero attached hydrogens (tertiary/aromatic N) is 2. The Hall–Kier alpha value is -1.47. The van der Waals surface area contributed by atoms with Crippen LogP contribution in [0.1, 0.15) is 0 Å². The Morgan fingerprint density at radius 2 is 2.00 bits per heavy atom. The van der Waals surface area contributed by atoms with Gasteiger partial charge in [-0.1, -0.05) is 11.6 Å². The van der Waals surface area contributed by atoms with Crippen LogP contribution in [0.3, 0.4) is 0 Å². The van der Waals surface area contributed by atoms with Gasteiger partial charge in [-0.15, -0.1) is 0 Å². The SMILES string of the molecule is Nc1ncnc(Nc2c(F)cc(F)cc2Cl)c1Br. The lowest BCUT2D eigenvalue weighted by Gasteiger charge is -2.10. The van der Waals surface area contributed by atoms with Crippen LogP contribution in [-0.2, 0) is 0 Å². The van der Waals surface area contributed by atoms with Gasteiger partial charge in [-0.2, -0.15) is 0 Å². The summed E-state index contributed by atoms with van der Waals surface area (Å²) in [5.74, 6) is -1.17. The van der Waals surface area contributed by atoms with Crippen LogP contribution in [0, 0.1) is 11.6 Å². The number of rotatable bonds is 2. The van der Waals surface area contributed by atoms with Crippen molar-refractivity contribution in [2.75, 3.05) is 11.1 Å². The summed E-state index contributed by atoms with van der Waals surface area (Å²) in [6, 6.07) is 1.71. The molecule has 0 unspecified atom stereocenters. The molecule has 0 aliphatic heterocycles. The Morgan fingerprint density at radius 3 is 2.67 bits per heavy atom. The highest BCUT2D eigenvalue weighted by Crippen LogP contribution is 2.32. The van der Waals surface area contributed by atoms with Gasteiger partial charge in [0.2, 0.25) is 0 Å². The standard InChI is InChI=1S/C10H6BrClF2N4/c11-7-9(15)16-3-17-10(7)18-8-5(12)1-4(13)2-6(8)14/h1-3H,(H3,15,16,17,18). The molecule has 1 aromatic heterocycles. The number of halogens is 4. The van der Waals surface area contributed by atoms with Gasteiger partial charge in [-0.25, -0.2) is 18.7 Å². The molecule has 2 aromatic rings. The lowest BCUT2D eigenvalue weighted by molar-refractivity contribution is 0.586. The fourth-order valence-electron chi connectivity index (χ4n) is 1.25. The van der Waals surface area contributed by atoms with Crippen LogP contribution >= 0.6 is 27.5 Å². The fraction of sp³-hybridized carbons (Fsp3) is 0. The van der Waals surface area contributed by atoms with Gasteiger partial charge in [-0.3, -0.25) is 0 Å². The first kappa shape index (κ1) is 13.0. The van der Waals surface area contributed by atoms with E-state index in [1.165, 1.54) is 6.33 Å². The number of nitrogen functional groups attached to an aromatic ring is 1. The van der Waals surface area contributed by atoms with Crippen LogP contribution in [0.2, 0.25) is 5.02 Å². The third-order valence-electron chi connectivity index (χ3n) is 2.07. The summed E-state index contributed by atoms with van der Waals surface area (Å²) in [5.41, 5.74) is 5.46.